The number of hydrogen-bond acceptors (Lipinski definition) is 6. The molecule has 1 aliphatic heterocycles. The van der Waals surface area contributed by atoms with E-state index in [0.29, 0.717) is 29.5 Å². The summed E-state index contributed by atoms with van der Waals surface area (Å²) in [5.41, 5.74) is 6.18. The molecule has 1 aliphatic rings. The number of ether oxygens (including phenoxy) is 1. The van der Waals surface area contributed by atoms with E-state index in [1.807, 2.05) is 30.3 Å². The van der Waals surface area contributed by atoms with Gasteiger partial charge in [-0.25, -0.2) is 4.98 Å². The Morgan fingerprint density at radius 2 is 2.03 bits per heavy atom. The van der Waals surface area contributed by atoms with E-state index in [2.05, 4.69) is 20.2 Å². The second kappa shape index (κ2) is 8.73. The maximum atomic E-state index is 12.8. The van der Waals surface area contributed by atoms with Crippen LogP contribution in [-0.2, 0) is 4.79 Å². The number of carbonyl (C=O) groups excluding carboxylic acids is 2. The number of H-pyrrole nitrogens is 1. The Labute approximate surface area is 173 Å². The van der Waals surface area contributed by atoms with Crippen molar-refractivity contribution in [3.05, 3.63) is 60.2 Å². The van der Waals surface area contributed by atoms with Gasteiger partial charge in [0.1, 0.15) is 11.6 Å². The first-order chi connectivity index (χ1) is 14.6. The van der Waals surface area contributed by atoms with Crippen molar-refractivity contribution >= 4 is 11.8 Å². The molecule has 4 rings (SSSR count). The number of nitrogens with one attached hydrogen (secondary N) is 1. The number of aromatic amines is 1. The van der Waals surface area contributed by atoms with Gasteiger partial charge in [-0.2, -0.15) is 5.10 Å². The van der Waals surface area contributed by atoms with Crippen molar-refractivity contribution in [2.45, 2.75) is 25.3 Å². The molecule has 0 aliphatic carbocycles. The molecule has 9 nitrogen and oxygen atoms in total. The average Bonchev–Trinajstić information content (AvgIpc) is 3.28. The lowest BCUT2D eigenvalue weighted by atomic mass is 10.0. The first-order valence-corrected chi connectivity index (χ1v) is 9.76. The molecule has 0 spiro atoms. The van der Waals surface area contributed by atoms with Crippen LogP contribution in [0, 0.1) is 0 Å². The van der Waals surface area contributed by atoms with E-state index in [0.717, 1.165) is 19.3 Å². The van der Waals surface area contributed by atoms with Crippen LogP contribution < -0.4 is 10.5 Å². The molecule has 154 valence electrons. The topological polar surface area (TPSA) is 127 Å². The second-order valence-corrected chi connectivity index (χ2v) is 7.07. The fourth-order valence-electron chi connectivity index (χ4n) is 3.51. The van der Waals surface area contributed by atoms with Crippen molar-refractivity contribution in [3.8, 4) is 17.1 Å². The summed E-state index contributed by atoms with van der Waals surface area (Å²) in [7, 11) is 0. The summed E-state index contributed by atoms with van der Waals surface area (Å²) in [6.07, 6.45) is 5.66. The predicted octanol–water partition coefficient (Wildman–Crippen LogP) is 2.10. The number of benzene rings is 1. The number of carbonyl (C=O) groups is 2. The first kappa shape index (κ1) is 19.6. The summed E-state index contributed by atoms with van der Waals surface area (Å²) in [5, 5.41) is 7.19. The maximum absolute atomic E-state index is 12.8. The molecule has 9 heteroatoms. The second-order valence-electron chi connectivity index (χ2n) is 7.07. The molecule has 30 heavy (non-hydrogen) atoms. The van der Waals surface area contributed by atoms with Crippen molar-refractivity contribution in [1.82, 2.24) is 25.1 Å². The summed E-state index contributed by atoms with van der Waals surface area (Å²) in [6, 6.07) is 10.6. The third-order valence-corrected chi connectivity index (χ3v) is 5.03. The molecule has 2 amide bonds. The van der Waals surface area contributed by atoms with Crippen molar-refractivity contribution in [2.75, 3.05) is 13.2 Å². The van der Waals surface area contributed by atoms with E-state index in [9.17, 15) is 9.59 Å². The molecule has 1 fully saturated rings. The van der Waals surface area contributed by atoms with Crippen LogP contribution in [0.3, 0.4) is 0 Å². The number of hydrogen-bond donors (Lipinski definition) is 2. The Bertz CT molecular complexity index is 1040. The van der Waals surface area contributed by atoms with Gasteiger partial charge in [0.05, 0.1) is 11.6 Å². The van der Waals surface area contributed by atoms with Crippen LogP contribution in [0.15, 0.2) is 48.8 Å². The summed E-state index contributed by atoms with van der Waals surface area (Å²) in [5.74, 6) is 0.992. The lowest BCUT2D eigenvalue weighted by Gasteiger charge is -2.34. The molecule has 0 radical (unpaired) electrons. The Hall–Kier alpha value is -3.75. The van der Waals surface area contributed by atoms with Crippen molar-refractivity contribution in [1.29, 1.82) is 0 Å². The van der Waals surface area contributed by atoms with Crippen LogP contribution in [0.1, 0.15) is 41.5 Å². The molecule has 3 N–H and O–H groups in total. The minimum Gasteiger partial charge on any atom is -0.484 e. The highest BCUT2D eigenvalue weighted by Crippen LogP contribution is 2.30. The third-order valence-electron chi connectivity index (χ3n) is 5.03. The number of amides is 2. The van der Waals surface area contributed by atoms with Gasteiger partial charge in [0.2, 0.25) is 5.91 Å². The zero-order valence-electron chi connectivity index (χ0n) is 16.3. The molecule has 3 heterocycles. The molecule has 1 atom stereocenters. The van der Waals surface area contributed by atoms with Crippen molar-refractivity contribution < 1.29 is 14.3 Å². The number of rotatable bonds is 6. The highest BCUT2D eigenvalue weighted by atomic mass is 16.5. The average molecular weight is 406 g/mol. The minimum atomic E-state index is -0.567. The van der Waals surface area contributed by atoms with Crippen molar-refractivity contribution in [3.63, 3.8) is 0 Å². The normalized spacial score (nSPS) is 16.3. The molecular formula is C21H22N6O3. The Morgan fingerprint density at radius 1 is 1.20 bits per heavy atom. The molecular weight excluding hydrogens is 384 g/mol. The Kier molecular flexibility index (Phi) is 5.69. The van der Waals surface area contributed by atoms with Gasteiger partial charge in [-0.3, -0.25) is 19.7 Å². The maximum Gasteiger partial charge on any atom is 0.261 e. The fourth-order valence-corrected chi connectivity index (χ4v) is 3.51. The monoisotopic (exact) mass is 406 g/mol. The van der Waals surface area contributed by atoms with Gasteiger partial charge < -0.3 is 15.4 Å². The summed E-state index contributed by atoms with van der Waals surface area (Å²) in [4.78, 5) is 34.6. The van der Waals surface area contributed by atoms with Gasteiger partial charge in [0, 0.05) is 24.5 Å². The summed E-state index contributed by atoms with van der Waals surface area (Å²) >= 11 is 0. The molecule has 1 aromatic carbocycles. The van der Waals surface area contributed by atoms with Crippen LogP contribution in [0.5, 0.6) is 5.75 Å². The van der Waals surface area contributed by atoms with Gasteiger partial charge in [0.15, 0.2) is 12.4 Å². The third kappa shape index (κ3) is 4.29. The largest absolute Gasteiger partial charge is 0.484 e. The van der Waals surface area contributed by atoms with Gasteiger partial charge in [0.25, 0.3) is 5.91 Å². The highest BCUT2D eigenvalue weighted by molar-refractivity contribution is 5.93. The number of aromatic nitrogens is 4. The van der Waals surface area contributed by atoms with E-state index in [1.165, 1.54) is 6.20 Å². The number of nitrogens with two attached hydrogens (primary N) is 1. The molecule has 2 aromatic heterocycles. The molecule has 0 saturated carbocycles. The minimum absolute atomic E-state index is 0.0356. The smallest absolute Gasteiger partial charge is 0.261 e. The van der Waals surface area contributed by atoms with E-state index < -0.39 is 5.91 Å². The van der Waals surface area contributed by atoms with E-state index in [1.54, 1.807) is 17.2 Å². The van der Waals surface area contributed by atoms with E-state index >= 15 is 0 Å². The van der Waals surface area contributed by atoms with Crippen LogP contribution in [0.25, 0.3) is 11.4 Å². The number of piperidine rings is 1. The quantitative estimate of drug-likeness (QED) is 0.645. The number of nitrogens with zero attached hydrogens (tertiary/aromatic N) is 4. The number of para-hydroxylation sites is 1. The predicted molar refractivity (Wildman–Crippen MR) is 108 cm³/mol. The lowest BCUT2D eigenvalue weighted by Crippen LogP contribution is -2.41. The van der Waals surface area contributed by atoms with Gasteiger partial charge >= 0.3 is 0 Å². The molecule has 0 bridgehead atoms. The van der Waals surface area contributed by atoms with Crippen LogP contribution in [0.2, 0.25) is 0 Å². The SMILES string of the molecule is NC(=O)c1cncc(-c2n[nH]c(C3CCCCN3C(=O)COc3ccccc3)n2)c1. The molecule has 1 unspecified atom stereocenters. The van der Waals surface area contributed by atoms with Crippen LogP contribution in [0.4, 0.5) is 0 Å². The van der Waals surface area contributed by atoms with Gasteiger partial charge in [-0.15, -0.1) is 0 Å². The zero-order valence-corrected chi connectivity index (χ0v) is 16.3. The zero-order chi connectivity index (χ0) is 20.9. The first-order valence-electron chi connectivity index (χ1n) is 9.76. The van der Waals surface area contributed by atoms with Crippen LogP contribution >= 0.6 is 0 Å². The van der Waals surface area contributed by atoms with Crippen molar-refractivity contribution in [2.24, 2.45) is 5.73 Å². The number of pyridine rings is 1. The van der Waals surface area contributed by atoms with Gasteiger partial charge in [-0.1, -0.05) is 18.2 Å². The Morgan fingerprint density at radius 3 is 2.83 bits per heavy atom. The number of likely N-dealkylation sites (tertiary alicyclic amines) is 1. The van der Waals surface area contributed by atoms with Gasteiger partial charge in [-0.05, 0) is 37.5 Å². The molecule has 3 aromatic rings. The summed E-state index contributed by atoms with van der Waals surface area (Å²) in [6.45, 7) is 0.600. The van der Waals surface area contributed by atoms with E-state index in [-0.39, 0.29) is 24.1 Å². The van der Waals surface area contributed by atoms with Crippen LogP contribution in [-0.4, -0.2) is 50.0 Å². The number of primary amides is 1. The lowest BCUT2D eigenvalue weighted by molar-refractivity contribution is -0.137. The fraction of sp³-hybridized carbons (Fsp3) is 0.286. The molecule has 1 saturated heterocycles. The highest BCUT2D eigenvalue weighted by Gasteiger charge is 2.30. The Balaban J connectivity index is 1.50. The van der Waals surface area contributed by atoms with E-state index in [4.69, 9.17) is 10.5 Å². The summed E-state index contributed by atoms with van der Waals surface area (Å²) < 4.78 is 5.63. The standard InChI is InChI=1S/C21H22N6O3/c22-19(29)14-10-15(12-23-11-14)20-24-21(26-25-20)17-8-4-5-9-27(17)18(28)13-30-16-6-2-1-3-7-16/h1-3,6-7,10-12,17H,4-5,8-9,13H2,(H2,22,29)(H,24,25,26).